The lowest BCUT2D eigenvalue weighted by Gasteiger charge is -2.36. The molecule has 1 aliphatic carbocycles. The number of rotatable bonds is 3. The Bertz CT molecular complexity index is 1090. The minimum Gasteiger partial charge on any atom is -0.479 e. The predicted molar refractivity (Wildman–Crippen MR) is 104 cm³/mol. The third kappa shape index (κ3) is 2.88. The molecule has 9 heteroatoms. The molecular formula is C19H17BrFNO5S. The second-order valence-electron chi connectivity index (χ2n) is 6.98. The SMILES string of the molecule is COC(=O)c1ccc2c(c1)N(S(=O)(=O)c1cccc(C)c1)CC1(CC1(F)Br)O2. The van der Waals surface area contributed by atoms with E-state index in [9.17, 15) is 17.6 Å². The van der Waals surface area contributed by atoms with E-state index in [2.05, 4.69) is 15.9 Å². The number of alkyl halides is 2. The first kappa shape index (κ1) is 19.2. The molecule has 4 rings (SSSR count). The summed E-state index contributed by atoms with van der Waals surface area (Å²) in [6.45, 7) is 1.57. The molecule has 0 radical (unpaired) electrons. The number of fused-ring (bicyclic) bond motifs is 1. The molecule has 1 fully saturated rings. The number of nitrogens with zero attached hydrogens (tertiary/aromatic N) is 1. The van der Waals surface area contributed by atoms with Gasteiger partial charge < -0.3 is 9.47 Å². The summed E-state index contributed by atoms with van der Waals surface area (Å²) in [4.78, 5) is 12.0. The maximum atomic E-state index is 14.6. The maximum absolute atomic E-state index is 14.6. The van der Waals surface area contributed by atoms with Crippen LogP contribution < -0.4 is 9.04 Å². The van der Waals surface area contributed by atoms with Gasteiger partial charge in [0.1, 0.15) is 5.75 Å². The lowest BCUT2D eigenvalue weighted by molar-refractivity contribution is 0.0600. The molecule has 1 heterocycles. The number of carbonyl (C=O) groups is 1. The molecule has 6 nitrogen and oxygen atoms in total. The third-order valence-corrected chi connectivity index (χ3v) is 7.74. The maximum Gasteiger partial charge on any atom is 0.337 e. The number of ether oxygens (including phenoxy) is 2. The molecular weight excluding hydrogens is 453 g/mol. The second-order valence-corrected chi connectivity index (χ2v) is 10.1. The Morgan fingerprint density at radius 1 is 1.29 bits per heavy atom. The molecule has 2 aliphatic rings. The monoisotopic (exact) mass is 469 g/mol. The summed E-state index contributed by atoms with van der Waals surface area (Å²) < 4.78 is 51.2. The molecule has 1 spiro atoms. The van der Waals surface area contributed by atoms with E-state index < -0.39 is 26.2 Å². The first-order chi connectivity index (χ1) is 13.1. The zero-order valence-electron chi connectivity index (χ0n) is 15.1. The van der Waals surface area contributed by atoms with E-state index in [0.29, 0.717) is 0 Å². The van der Waals surface area contributed by atoms with Gasteiger partial charge in [-0.2, -0.15) is 0 Å². The number of esters is 1. The van der Waals surface area contributed by atoms with E-state index in [1.54, 1.807) is 25.1 Å². The van der Waals surface area contributed by atoms with Crippen molar-refractivity contribution in [3.63, 3.8) is 0 Å². The standard InChI is InChI=1S/C19H17BrFNO5S/c1-12-4-3-5-14(8-12)28(24,25)22-11-18(10-19(18,20)21)27-16-7-6-13(9-15(16)22)17(23)26-2/h3-9H,10-11H2,1-2H3. The normalized spacial score (nSPS) is 25.8. The van der Waals surface area contributed by atoms with Crippen LogP contribution in [-0.2, 0) is 14.8 Å². The molecule has 0 saturated heterocycles. The number of hydrogen-bond donors (Lipinski definition) is 0. The van der Waals surface area contributed by atoms with Gasteiger partial charge in [0.2, 0.25) is 4.58 Å². The van der Waals surface area contributed by atoms with Crippen molar-refractivity contribution in [1.29, 1.82) is 0 Å². The van der Waals surface area contributed by atoms with Crippen LogP contribution in [0.25, 0.3) is 0 Å². The zero-order valence-corrected chi connectivity index (χ0v) is 17.5. The fraction of sp³-hybridized carbons (Fsp3) is 0.316. The number of aryl methyl sites for hydroxylation is 1. The van der Waals surface area contributed by atoms with E-state index in [0.717, 1.165) is 9.87 Å². The van der Waals surface area contributed by atoms with Gasteiger partial charge in [-0.25, -0.2) is 17.6 Å². The quantitative estimate of drug-likeness (QED) is 0.507. The topological polar surface area (TPSA) is 72.9 Å². The minimum absolute atomic E-state index is 0.0119. The molecule has 28 heavy (non-hydrogen) atoms. The first-order valence-corrected chi connectivity index (χ1v) is 10.7. The van der Waals surface area contributed by atoms with Crippen LogP contribution >= 0.6 is 15.9 Å². The van der Waals surface area contributed by atoms with Gasteiger partial charge in [-0.1, -0.05) is 12.1 Å². The Balaban J connectivity index is 1.87. The molecule has 2 atom stereocenters. The number of anilines is 1. The number of carbonyl (C=O) groups excluding carboxylic acids is 1. The van der Waals surface area contributed by atoms with Crippen molar-refractivity contribution in [2.45, 2.75) is 28.4 Å². The largest absolute Gasteiger partial charge is 0.479 e. The molecule has 0 aromatic heterocycles. The third-order valence-electron chi connectivity index (χ3n) is 4.98. The highest BCUT2D eigenvalue weighted by Gasteiger charge is 2.73. The highest BCUT2D eigenvalue weighted by atomic mass is 79.9. The molecule has 0 N–H and O–H groups in total. The lowest BCUT2D eigenvalue weighted by atomic mass is 10.1. The summed E-state index contributed by atoms with van der Waals surface area (Å²) >= 11 is 2.98. The number of halogens is 2. The van der Waals surface area contributed by atoms with Crippen LogP contribution in [0.2, 0.25) is 0 Å². The van der Waals surface area contributed by atoms with Gasteiger partial charge >= 0.3 is 5.97 Å². The summed E-state index contributed by atoms with van der Waals surface area (Å²) in [5, 5.41) is 0. The Hall–Kier alpha value is -2.13. The number of sulfonamides is 1. The van der Waals surface area contributed by atoms with Gasteiger partial charge in [0.05, 0.1) is 29.8 Å². The van der Waals surface area contributed by atoms with E-state index in [1.165, 1.54) is 31.4 Å². The van der Waals surface area contributed by atoms with Crippen LogP contribution in [0.3, 0.4) is 0 Å². The molecule has 148 valence electrons. The number of hydrogen-bond acceptors (Lipinski definition) is 5. The van der Waals surface area contributed by atoms with Crippen LogP contribution in [-0.4, -0.2) is 38.2 Å². The van der Waals surface area contributed by atoms with Crippen LogP contribution in [0.15, 0.2) is 47.4 Å². The molecule has 1 saturated carbocycles. The Morgan fingerprint density at radius 2 is 2.00 bits per heavy atom. The predicted octanol–water partition coefficient (Wildman–Crippen LogP) is 3.57. The van der Waals surface area contributed by atoms with Crippen molar-refractivity contribution < 1.29 is 27.1 Å². The highest BCUT2D eigenvalue weighted by molar-refractivity contribution is 9.10. The van der Waals surface area contributed by atoms with Crippen LogP contribution in [0, 0.1) is 6.92 Å². The number of methoxy groups -OCH3 is 1. The van der Waals surface area contributed by atoms with Gasteiger partial charge in [-0.05, 0) is 58.7 Å². The average molecular weight is 470 g/mol. The second kappa shape index (κ2) is 6.18. The van der Waals surface area contributed by atoms with Gasteiger partial charge in [0.25, 0.3) is 10.0 Å². The zero-order chi connectivity index (χ0) is 20.3. The van der Waals surface area contributed by atoms with Crippen molar-refractivity contribution in [3.05, 3.63) is 53.6 Å². The van der Waals surface area contributed by atoms with Crippen molar-refractivity contribution in [2.75, 3.05) is 18.0 Å². The highest BCUT2D eigenvalue weighted by Crippen LogP contribution is 2.62. The Morgan fingerprint density at radius 3 is 2.61 bits per heavy atom. The van der Waals surface area contributed by atoms with Gasteiger partial charge in [-0.3, -0.25) is 4.31 Å². The molecule has 0 bridgehead atoms. The number of benzene rings is 2. The van der Waals surface area contributed by atoms with Crippen LogP contribution in [0.1, 0.15) is 22.3 Å². The Labute approximate surface area is 170 Å². The van der Waals surface area contributed by atoms with Crippen molar-refractivity contribution in [1.82, 2.24) is 0 Å². The molecule has 1 aliphatic heterocycles. The van der Waals surface area contributed by atoms with Crippen molar-refractivity contribution >= 4 is 37.6 Å². The van der Waals surface area contributed by atoms with E-state index in [1.807, 2.05) is 0 Å². The molecule has 2 aromatic rings. The smallest absolute Gasteiger partial charge is 0.337 e. The van der Waals surface area contributed by atoms with Gasteiger partial charge in [0.15, 0.2) is 5.60 Å². The minimum atomic E-state index is -4.01. The lowest BCUT2D eigenvalue weighted by Crippen LogP contribution is -2.47. The summed E-state index contributed by atoms with van der Waals surface area (Å²) in [6, 6.07) is 10.8. The molecule has 0 amide bonds. The van der Waals surface area contributed by atoms with E-state index >= 15 is 0 Å². The summed E-state index contributed by atoms with van der Waals surface area (Å²) in [7, 11) is -2.78. The fourth-order valence-electron chi connectivity index (χ4n) is 3.32. The van der Waals surface area contributed by atoms with E-state index in [-0.39, 0.29) is 34.9 Å². The van der Waals surface area contributed by atoms with Crippen molar-refractivity contribution in [3.8, 4) is 5.75 Å². The fourth-order valence-corrected chi connectivity index (χ4v) is 5.60. The van der Waals surface area contributed by atoms with Crippen molar-refractivity contribution in [2.24, 2.45) is 0 Å². The molecule has 2 unspecified atom stereocenters. The Kier molecular flexibility index (Phi) is 4.24. The summed E-state index contributed by atoms with van der Waals surface area (Å²) in [6.07, 6.45) is 0.0119. The van der Waals surface area contributed by atoms with Gasteiger partial charge in [0, 0.05) is 6.42 Å². The average Bonchev–Trinajstić information content (AvgIpc) is 3.18. The van der Waals surface area contributed by atoms with Crippen LogP contribution in [0.4, 0.5) is 10.1 Å². The molecule has 2 aromatic carbocycles. The van der Waals surface area contributed by atoms with Crippen LogP contribution in [0.5, 0.6) is 5.75 Å². The van der Waals surface area contributed by atoms with Gasteiger partial charge in [-0.15, -0.1) is 0 Å². The summed E-state index contributed by atoms with van der Waals surface area (Å²) in [5.74, 6) is -0.420. The van der Waals surface area contributed by atoms with E-state index in [4.69, 9.17) is 9.47 Å². The summed E-state index contributed by atoms with van der Waals surface area (Å²) in [5.41, 5.74) is -0.195. The first-order valence-electron chi connectivity index (χ1n) is 8.48.